The fourth-order valence-electron chi connectivity index (χ4n) is 3.76. The van der Waals surface area contributed by atoms with Crippen LogP contribution in [0.25, 0.3) is 0 Å². The molecule has 2 aliphatic heterocycles. The largest absolute Gasteiger partial charge is 0.485 e. The lowest BCUT2D eigenvalue weighted by Crippen LogP contribution is -2.42. The molecule has 0 saturated carbocycles. The van der Waals surface area contributed by atoms with Crippen LogP contribution in [0.4, 0.5) is 0 Å². The predicted molar refractivity (Wildman–Crippen MR) is 97.5 cm³/mol. The second kappa shape index (κ2) is 8.05. The number of para-hydroxylation sites is 1. The first-order valence-electron chi connectivity index (χ1n) is 8.77. The van der Waals surface area contributed by atoms with Crippen LogP contribution in [-0.2, 0) is 6.61 Å². The Hall–Kier alpha value is -2.12. The van der Waals surface area contributed by atoms with E-state index in [1.807, 2.05) is 24.3 Å². The van der Waals surface area contributed by atoms with Crippen molar-refractivity contribution in [3.05, 3.63) is 41.5 Å². The Morgan fingerprint density at radius 1 is 1.31 bits per heavy atom. The second-order valence-electron chi connectivity index (χ2n) is 6.60. The first-order valence-corrected chi connectivity index (χ1v) is 8.77. The Morgan fingerprint density at radius 2 is 2.12 bits per heavy atom. The summed E-state index contributed by atoms with van der Waals surface area (Å²) in [5.41, 5.74) is 0.599. The van der Waals surface area contributed by atoms with Crippen LogP contribution in [-0.4, -0.2) is 46.1 Å². The molecule has 2 aromatic rings. The molecule has 2 saturated heterocycles. The standard InChI is InChI=1S/C18H22N4O3.ClH/c1-12-20-17(21-25-12)11-24-16-5-3-2-4-15(16)18(23)22-13-6-7-14(22)10-19-9-8-13;/h2-5,13-14,19H,6-11H2,1H3;1H. The number of ether oxygens (including phenoxy) is 1. The maximum Gasteiger partial charge on any atom is 0.258 e. The zero-order valence-corrected chi connectivity index (χ0v) is 15.5. The van der Waals surface area contributed by atoms with Crippen LogP contribution in [0.3, 0.4) is 0 Å². The van der Waals surface area contributed by atoms with Crippen molar-refractivity contribution in [3.63, 3.8) is 0 Å². The van der Waals surface area contributed by atoms with Crippen molar-refractivity contribution in [1.82, 2.24) is 20.4 Å². The summed E-state index contributed by atoms with van der Waals surface area (Å²) in [6, 6.07) is 7.98. The van der Waals surface area contributed by atoms with Crippen LogP contribution in [0.1, 0.15) is 41.3 Å². The predicted octanol–water partition coefficient (Wildman–Crippen LogP) is 2.35. The van der Waals surface area contributed by atoms with Crippen molar-refractivity contribution < 1.29 is 14.1 Å². The molecule has 3 heterocycles. The number of hydrogen-bond donors (Lipinski definition) is 1. The van der Waals surface area contributed by atoms with Crippen molar-refractivity contribution >= 4 is 18.3 Å². The van der Waals surface area contributed by atoms with Gasteiger partial charge >= 0.3 is 0 Å². The number of fused-ring (bicyclic) bond motifs is 2. The SMILES string of the molecule is Cc1nc(COc2ccccc2C(=O)N2C3CCNCC2CC3)no1.Cl. The number of carbonyl (C=O) groups excluding carboxylic acids is 1. The molecule has 2 unspecified atom stereocenters. The topological polar surface area (TPSA) is 80.5 Å². The summed E-state index contributed by atoms with van der Waals surface area (Å²) in [6.45, 7) is 3.75. The molecule has 2 bridgehead atoms. The van der Waals surface area contributed by atoms with Gasteiger partial charge in [0.25, 0.3) is 5.91 Å². The van der Waals surface area contributed by atoms with E-state index >= 15 is 0 Å². The normalized spacial score (nSPS) is 21.8. The summed E-state index contributed by atoms with van der Waals surface area (Å²) in [7, 11) is 0. The van der Waals surface area contributed by atoms with Crippen LogP contribution in [0, 0.1) is 6.92 Å². The average molecular weight is 379 g/mol. The minimum absolute atomic E-state index is 0. The van der Waals surface area contributed by atoms with E-state index in [4.69, 9.17) is 9.26 Å². The van der Waals surface area contributed by atoms with Crippen LogP contribution in [0.15, 0.2) is 28.8 Å². The Morgan fingerprint density at radius 3 is 2.92 bits per heavy atom. The number of amides is 1. The lowest BCUT2D eigenvalue weighted by molar-refractivity contribution is 0.0675. The zero-order chi connectivity index (χ0) is 17.2. The number of carbonyl (C=O) groups is 1. The Bertz CT molecular complexity index is 752. The van der Waals surface area contributed by atoms with E-state index in [1.54, 1.807) is 6.92 Å². The maximum absolute atomic E-state index is 13.2. The van der Waals surface area contributed by atoms with Gasteiger partial charge in [0.15, 0.2) is 6.61 Å². The molecule has 2 fully saturated rings. The average Bonchev–Trinajstić information content (AvgIpc) is 3.14. The molecule has 8 heteroatoms. The summed E-state index contributed by atoms with van der Waals surface area (Å²) in [6.07, 6.45) is 3.16. The van der Waals surface area contributed by atoms with E-state index in [2.05, 4.69) is 20.4 Å². The summed E-state index contributed by atoms with van der Waals surface area (Å²) in [4.78, 5) is 19.4. The van der Waals surface area contributed by atoms with Crippen molar-refractivity contribution in [2.75, 3.05) is 13.1 Å². The summed E-state index contributed by atoms with van der Waals surface area (Å²) in [5.74, 6) is 1.58. The molecule has 1 aromatic carbocycles. The van der Waals surface area contributed by atoms with Crippen LogP contribution in [0.5, 0.6) is 5.75 Å². The van der Waals surface area contributed by atoms with Gasteiger partial charge in [-0.2, -0.15) is 4.98 Å². The number of rotatable bonds is 4. The number of aromatic nitrogens is 2. The highest BCUT2D eigenvalue weighted by Crippen LogP contribution is 2.31. The molecule has 0 spiro atoms. The first kappa shape index (κ1) is 18.7. The Kier molecular flexibility index (Phi) is 5.78. The first-order chi connectivity index (χ1) is 12.2. The van der Waals surface area contributed by atoms with E-state index in [0.29, 0.717) is 29.1 Å². The summed E-state index contributed by atoms with van der Waals surface area (Å²) in [5, 5.41) is 7.25. The molecular formula is C18H23ClN4O3. The molecule has 2 aliphatic rings. The van der Waals surface area contributed by atoms with Gasteiger partial charge in [-0.05, 0) is 37.9 Å². The molecule has 7 nitrogen and oxygen atoms in total. The van der Waals surface area contributed by atoms with E-state index < -0.39 is 0 Å². The number of nitrogens with zero attached hydrogens (tertiary/aromatic N) is 3. The van der Waals surface area contributed by atoms with Gasteiger partial charge in [-0.3, -0.25) is 4.79 Å². The van der Waals surface area contributed by atoms with Crippen molar-refractivity contribution in [1.29, 1.82) is 0 Å². The van der Waals surface area contributed by atoms with Gasteiger partial charge in [0, 0.05) is 25.6 Å². The molecule has 0 aliphatic carbocycles. The van der Waals surface area contributed by atoms with Crippen molar-refractivity contribution in [2.24, 2.45) is 0 Å². The number of halogens is 1. The van der Waals surface area contributed by atoms with E-state index in [1.165, 1.54) is 0 Å². The third-order valence-corrected chi connectivity index (χ3v) is 4.93. The number of nitrogens with one attached hydrogen (secondary N) is 1. The van der Waals surface area contributed by atoms with Gasteiger partial charge in [0.05, 0.1) is 5.56 Å². The van der Waals surface area contributed by atoms with Gasteiger partial charge in [0.1, 0.15) is 5.75 Å². The van der Waals surface area contributed by atoms with Crippen LogP contribution < -0.4 is 10.1 Å². The minimum atomic E-state index is 0. The number of hydrogen-bond acceptors (Lipinski definition) is 6. The Balaban J connectivity index is 0.00000196. The molecular weight excluding hydrogens is 356 g/mol. The minimum Gasteiger partial charge on any atom is -0.485 e. The quantitative estimate of drug-likeness (QED) is 0.879. The second-order valence-corrected chi connectivity index (χ2v) is 6.60. The summed E-state index contributed by atoms with van der Waals surface area (Å²) >= 11 is 0. The van der Waals surface area contributed by atoms with Crippen LogP contribution in [0.2, 0.25) is 0 Å². The molecule has 0 radical (unpaired) electrons. The molecule has 2 atom stereocenters. The molecule has 1 amide bonds. The highest BCUT2D eigenvalue weighted by atomic mass is 35.5. The number of benzene rings is 1. The van der Waals surface area contributed by atoms with Gasteiger partial charge < -0.3 is 19.5 Å². The van der Waals surface area contributed by atoms with Crippen molar-refractivity contribution in [3.8, 4) is 5.75 Å². The third kappa shape index (κ3) is 3.68. The van der Waals surface area contributed by atoms with Gasteiger partial charge in [-0.1, -0.05) is 17.3 Å². The lowest BCUT2D eigenvalue weighted by Gasteiger charge is -2.28. The monoisotopic (exact) mass is 378 g/mol. The summed E-state index contributed by atoms with van der Waals surface area (Å²) < 4.78 is 10.8. The fourth-order valence-corrected chi connectivity index (χ4v) is 3.76. The highest BCUT2D eigenvalue weighted by Gasteiger charge is 2.39. The third-order valence-electron chi connectivity index (χ3n) is 4.93. The molecule has 1 aromatic heterocycles. The molecule has 140 valence electrons. The van der Waals surface area contributed by atoms with Gasteiger partial charge in [-0.25, -0.2) is 0 Å². The number of aryl methyl sites for hydroxylation is 1. The molecule has 4 rings (SSSR count). The molecule has 26 heavy (non-hydrogen) atoms. The van der Waals surface area contributed by atoms with Gasteiger partial charge in [0.2, 0.25) is 11.7 Å². The maximum atomic E-state index is 13.2. The van der Waals surface area contributed by atoms with E-state index in [0.717, 1.165) is 32.4 Å². The lowest BCUT2D eigenvalue weighted by atomic mass is 10.1. The van der Waals surface area contributed by atoms with E-state index in [9.17, 15) is 4.79 Å². The van der Waals surface area contributed by atoms with Crippen molar-refractivity contribution in [2.45, 2.75) is 44.9 Å². The van der Waals surface area contributed by atoms with Gasteiger partial charge in [-0.15, -0.1) is 12.4 Å². The highest BCUT2D eigenvalue weighted by molar-refractivity contribution is 5.97. The van der Waals surface area contributed by atoms with Crippen LogP contribution >= 0.6 is 12.4 Å². The fraction of sp³-hybridized carbons (Fsp3) is 0.500. The zero-order valence-electron chi connectivity index (χ0n) is 14.7. The van der Waals surface area contributed by atoms with E-state index in [-0.39, 0.29) is 31.0 Å². The Labute approximate surface area is 158 Å². The molecule has 1 N–H and O–H groups in total. The smallest absolute Gasteiger partial charge is 0.258 e.